The minimum absolute atomic E-state index is 0.0567. The maximum Gasteiger partial charge on any atom is 0.261 e. The van der Waals surface area contributed by atoms with E-state index in [-0.39, 0.29) is 36.1 Å². The van der Waals surface area contributed by atoms with Crippen LogP contribution < -0.4 is 4.74 Å². The van der Waals surface area contributed by atoms with Gasteiger partial charge in [-0.15, -0.1) is 0 Å². The van der Waals surface area contributed by atoms with Crippen molar-refractivity contribution >= 4 is 15.7 Å². The minimum atomic E-state index is -3.05. The van der Waals surface area contributed by atoms with Gasteiger partial charge in [0.1, 0.15) is 5.75 Å². The molecule has 1 aliphatic heterocycles. The second-order valence-corrected chi connectivity index (χ2v) is 10.6. The Morgan fingerprint density at radius 2 is 1.63 bits per heavy atom. The molecule has 1 atom stereocenters. The molecule has 1 saturated heterocycles. The van der Waals surface area contributed by atoms with Crippen LogP contribution in [0.4, 0.5) is 0 Å². The molecule has 0 spiro atoms. The Labute approximate surface area is 179 Å². The largest absolute Gasteiger partial charge is 0.483 e. The fraction of sp³-hybridized carbons (Fsp3) is 0.458. The van der Waals surface area contributed by atoms with Crippen molar-refractivity contribution in [1.82, 2.24) is 4.90 Å². The predicted molar refractivity (Wildman–Crippen MR) is 117 cm³/mol. The highest BCUT2D eigenvalue weighted by Gasteiger charge is 2.39. The summed E-state index contributed by atoms with van der Waals surface area (Å²) in [6.07, 6.45) is 5.36. The minimum Gasteiger partial charge on any atom is -0.483 e. The predicted octanol–water partition coefficient (Wildman–Crippen LogP) is 3.61. The highest BCUT2D eigenvalue weighted by atomic mass is 32.2. The van der Waals surface area contributed by atoms with E-state index in [1.165, 1.54) is 5.56 Å². The van der Waals surface area contributed by atoms with Gasteiger partial charge < -0.3 is 9.64 Å². The van der Waals surface area contributed by atoms with Gasteiger partial charge in [-0.2, -0.15) is 0 Å². The van der Waals surface area contributed by atoms with Crippen molar-refractivity contribution in [3.05, 3.63) is 65.7 Å². The molecular formula is C24H29NO4S. The summed E-state index contributed by atoms with van der Waals surface area (Å²) in [5.41, 5.74) is 2.22. The number of para-hydroxylation sites is 1. The quantitative estimate of drug-likeness (QED) is 0.677. The Morgan fingerprint density at radius 3 is 2.33 bits per heavy atom. The van der Waals surface area contributed by atoms with Crippen molar-refractivity contribution in [2.45, 2.75) is 50.6 Å². The summed E-state index contributed by atoms with van der Waals surface area (Å²) in [7, 11) is -3.05. The summed E-state index contributed by atoms with van der Waals surface area (Å²) in [4.78, 5) is 15.0. The Kier molecular flexibility index (Phi) is 6.42. The number of sulfone groups is 1. The Balaban J connectivity index is 1.46. The van der Waals surface area contributed by atoms with Gasteiger partial charge in [-0.25, -0.2) is 8.42 Å². The van der Waals surface area contributed by atoms with Crippen LogP contribution in [0, 0.1) is 0 Å². The van der Waals surface area contributed by atoms with E-state index in [2.05, 4.69) is 12.1 Å². The van der Waals surface area contributed by atoms with Crippen molar-refractivity contribution in [2.75, 3.05) is 18.1 Å². The van der Waals surface area contributed by atoms with E-state index >= 15 is 0 Å². The zero-order chi connectivity index (χ0) is 21.0. The van der Waals surface area contributed by atoms with Crippen LogP contribution in [0.25, 0.3) is 0 Å². The lowest BCUT2D eigenvalue weighted by molar-refractivity contribution is -0.137. The average Bonchev–Trinajstić information content (AvgIpc) is 3.38. The standard InChI is InChI=1S/C24H29NO4S/c26-24(25(21-11-5-6-12-21)22-14-15-30(27,28)18-22)17-29-23-13-7-4-10-20(23)16-19-8-2-1-3-9-19/h1-4,7-10,13,21-22H,5-6,11-12,14-18H2. The van der Waals surface area contributed by atoms with E-state index in [4.69, 9.17) is 4.74 Å². The van der Waals surface area contributed by atoms with Crippen LogP contribution in [0.1, 0.15) is 43.2 Å². The van der Waals surface area contributed by atoms with Crippen LogP contribution in [0.3, 0.4) is 0 Å². The molecule has 4 rings (SSSR count). The zero-order valence-corrected chi connectivity index (χ0v) is 18.0. The number of benzene rings is 2. The van der Waals surface area contributed by atoms with Crippen LogP contribution in [0.5, 0.6) is 5.75 Å². The number of carbonyl (C=O) groups is 1. The summed E-state index contributed by atoms with van der Waals surface area (Å²) in [5, 5.41) is 0. The van der Waals surface area contributed by atoms with Gasteiger partial charge in [-0.3, -0.25) is 4.79 Å². The van der Waals surface area contributed by atoms with Crippen LogP contribution >= 0.6 is 0 Å². The summed E-state index contributed by atoms with van der Waals surface area (Å²) < 4.78 is 30.0. The van der Waals surface area contributed by atoms with Gasteiger partial charge in [0, 0.05) is 18.5 Å². The molecule has 2 aliphatic rings. The lowest BCUT2D eigenvalue weighted by Crippen LogP contribution is -2.48. The Hall–Kier alpha value is -2.34. The molecule has 5 nitrogen and oxygen atoms in total. The molecule has 2 fully saturated rings. The molecule has 1 amide bonds. The van der Waals surface area contributed by atoms with Crippen molar-refractivity contribution in [1.29, 1.82) is 0 Å². The third kappa shape index (κ3) is 5.04. The van der Waals surface area contributed by atoms with Crippen molar-refractivity contribution in [3.63, 3.8) is 0 Å². The van der Waals surface area contributed by atoms with E-state index in [9.17, 15) is 13.2 Å². The number of rotatable bonds is 7. The number of amides is 1. The molecular weight excluding hydrogens is 398 g/mol. The number of ether oxygens (including phenoxy) is 1. The van der Waals surface area contributed by atoms with Gasteiger partial charge >= 0.3 is 0 Å². The number of carbonyl (C=O) groups excluding carboxylic acids is 1. The molecule has 6 heteroatoms. The second kappa shape index (κ2) is 9.21. The lowest BCUT2D eigenvalue weighted by atomic mass is 10.0. The van der Waals surface area contributed by atoms with E-state index in [1.54, 1.807) is 0 Å². The first kappa shape index (κ1) is 20.9. The maximum absolute atomic E-state index is 13.2. The van der Waals surface area contributed by atoms with Gasteiger partial charge in [-0.1, -0.05) is 61.4 Å². The SMILES string of the molecule is O=C(COc1ccccc1Cc1ccccc1)N(C1CCCC1)C1CCS(=O)(=O)C1. The molecule has 0 N–H and O–H groups in total. The Morgan fingerprint density at radius 1 is 0.933 bits per heavy atom. The van der Waals surface area contributed by atoms with Crippen LogP contribution in [0.15, 0.2) is 54.6 Å². The van der Waals surface area contributed by atoms with Crippen LogP contribution in [-0.4, -0.2) is 49.4 Å². The summed E-state index contributed by atoms with van der Waals surface area (Å²) in [6.45, 7) is -0.0567. The number of nitrogens with zero attached hydrogens (tertiary/aromatic N) is 1. The third-order valence-electron chi connectivity index (χ3n) is 6.17. The average molecular weight is 428 g/mol. The topological polar surface area (TPSA) is 63.7 Å². The third-order valence-corrected chi connectivity index (χ3v) is 7.92. The van der Waals surface area contributed by atoms with Gasteiger partial charge in [0.05, 0.1) is 11.5 Å². The molecule has 30 heavy (non-hydrogen) atoms. The van der Waals surface area contributed by atoms with E-state index in [1.807, 2.05) is 47.4 Å². The van der Waals surface area contributed by atoms with Crippen LogP contribution in [0.2, 0.25) is 0 Å². The maximum atomic E-state index is 13.2. The molecule has 2 aromatic carbocycles. The van der Waals surface area contributed by atoms with E-state index in [0.29, 0.717) is 12.2 Å². The summed E-state index contributed by atoms with van der Waals surface area (Å²) >= 11 is 0. The monoisotopic (exact) mass is 427 g/mol. The van der Waals surface area contributed by atoms with Gasteiger partial charge in [-0.05, 0) is 36.5 Å². The zero-order valence-electron chi connectivity index (χ0n) is 17.2. The molecule has 1 saturated carbocycles. The Bertz CT molecular complexity index is 968. The van der Waals surface area contributed by atoms with Gasteiger partial charge in [0.2, 0.25) is 0 Å². The lowest BCUT2D eigenvalue weighted by Gasteiger charge is -2.34. The van der Waals surface area contributed by atoms with Crippen LogP contribution in [-0.2, 0) is 21.1 Å². The first-order valence-corrected chi connectivity index (χ1v) is 12.6. The van der Waals surface area contributed by atoms with E-state index < -0.39 is 9.84 Å². The fourth-order valence-electron chi connectivity index (χ4n) is 4.70. The first-order chi connectivity index (χ1) is 14.5. The van der Waals surface area contributed by atoms with Gasteiger partial charge in [0.25, 0.3) is 5.91 Å². The molecule has 1 unspecified atom stereocenters. The molecule has 0 bridgehead atoms. The first-order valence-electron chi connectivity index (χ1n) is 10.8. The van der Waals surface area contributed by atoms with Crippen molar-refractivity contribution in [3.8, 4) is 5.75 Å². The summed E-state index contributed by atoms with van der Waals surface area (Å²) in [5.74, 6) is 0.869. The summed E-state index contributed by atoms with van der Waals surface area (Å²) in [6, 6.07) is 17.9. The smallest absolute Gasteiger partial charge is 0.261 e. The molecule has 0 radical (unpaired) electrons. The molecule has 1 heterocycles. The molecule has 160 valence electrons. The number of hydrogen-bond donors (Lipinski definition) is 0. The van der Waals surface area contributed by atoms with Crippen molar-refractivity contribution < 1.29 is 17.9 Å². The number of hydrogen-bond acceptors (Lipinski definition) is 4. The molecule has 1 aliphatic carbocycles. The van der Waals surface area contributed by atoms with Crippen molar-refractivity contribution in [2.24, 2.45) is 0 Å². The molecule has 2 aromatic rings. The molecule has 0 aromatic heterocycles. The van der Waals surface area contributed by atoms with Gasteiger partial charge in [0.15, 0.2) is 16.4 Å². The fourth-order valence-corrected chi connectivity index (χ4v) is 6.41. The highest BCUT2D eigenvalue weighted by Crippen LogP contribution is 2.29. The highest BCUT2D eigenvalue weighted by molar-refractivity contribution is 7.91. The second-order valence-electron chi connectivity index (χ2n) is 8.35. The van der Waals surface area contributed by atoms with E-state index in [0.717, 1.165) is 37.7 Å². The normalized spacial score (nSPS) is 20.9.